The molecule has 0 atom stereocenters. The molecule has 0 saturated carbocycles. The van der Waals surface area contributed by atoms with E-state index in [4.69, 9.17) is 14.6 Å². The maximum atomic E-state index is 15.1. The molecular formula is C24H22FN5O4. The summed E-state index contributed by atoms with van der Waals surface area (Å²) in [6, 6.07) is 6.80. The Bertz CT molecular complexity index is 1600. The topological polar surface area (TPSA) is 96.3 Å². The number of hydrogen-bond donors (Lipinski definition) is 1. The van der Waals surface area contributed by atoms with Crippen LogP contribution in [0.3, 0.4) is 0 Å². The van der Waals surface area contributed by atoms with Gasteiger partial charge in [-0.1, -0.05) is 0 Å². The van der Waals surface area contributed by atoms with E-state index in [0.29, 0.717) is 27.7 Å². The van der Waals surface area contributed by atoms with Crippen molar-refractivity contribution in [3.63, 3.8) is 0 Å². The summed E-state index contributed by atoms with van der Waals surface area (Å²) in [5.74, 6) is -0.0976. The molecule has 0 amide bonds. The molecule has 1 aromatic carbocycles. The number of pyridine rings is 2. The Morgan fingerprint density at radius 2 is 1.97 bits per heavy atom. The molecule has 0 radical (unpaired) electrons. The molecule has 0 aliphatic heterocycles. The summed E-state index contributed by atoms with van der Waals surface area (Å²) >= 11 is 0. The third-order valence-corrected chi connectivity index (χ3v) is 5.72. The van der Waals surface area contributed by atoms with Gasteiger partial charge in [0.15, 0.2) is 11.6 Å². The first-order valence-electron chi connectivity index (χ1n) is 10.5. The van der Waals surface area contributed by atoms with Crippen molar-refractivity contribution >= 4 is 21.9 Å². The summed E-state index contributed by atoms with van der Waals surface area (Å²) in [6.07, 6.45) is 6.78. The van der Waals surface area contributed by atoms with Crippen LogP contribution in [-0.4, -0.2) is 49.1 Å². The van der Waals surface area contributed by atoms with E-state index in [0.717, 1.165) is 17.2 Å². The molecule has 0 saturated heterocycles. The number of rotatable bonds is 6. The highest BCUT2D eigenvalue weighted by molar-refractivity contribution is 6.05. The lowest BCUT2D eigenvalue weighted by atomic mass is 10.0. The highest BCUT2D eigenvalue weighted by Crippen LogP contribution is 2.36. The Kier molecular flexibility index (Phi) is 5.29. The van der Waals surface area contributed by atoms with Crippen LogP contribution in [0.2, 0.25) is 0 Å². The fourth-order valence-electron chi connectivity index (χ4n) is 4.10. The van der Waals surface area contributed by atoms with Crippen LogP contribution in [0.15, 0.2) is 53.8 Å². The SMILES string of the molecule is COc1cc2ncc3c(c2cc1-c1ccn(C)c1)n(-c1ncc(OCCO)cc1F)c(=O)n3C. The number of ether oxygens (including phenoxy) is 2. The second-order valence-corrected chi connectivity index (χ2v) is 7.85. The van der Waals surface area contributed by atoms with Gasteiger partial charge in [-0.3, -0.25) is 9.55 Å². The number of aromatic nitrogens is 5. The van der Waals surface area contributed by atoms with E-state index in [9.17, 15) is 4.79 Å². The van der Waals surface area contributed by atoms with Crippen LogP contribution >= 0.6 is 0 Å². The number of aliphatic hydroxyl groups is 1. The van der Waals surface area contributed by atoms with Crippen LogP contribution in [-0.2, 0) is 14.1 Å². The first-order chi connectivity index (χ1) is 16.4. The zero-order valence-electron chi connectivity index (χ0n) is 18.8. The summed E-state index contributed by atoms with van der Waals surface area (Å²) in [6.45, 7) is -0.201. The van der Waals surface area contributed by atoms with Crippen molar-refractivity contribution in [3.05, 3.63) is 65.4 Å². The monoisotopic (exact) mass is 463 g/mol. The molecule has 4 aromatic heterocycles. The van der Waals surface area contributed by atoms with Crippen LogP contribution < -0.4 is 15.2 Å². The molecule has 1 N–H and O–H groups in total. The van der Waals surface area contributed by atoms with E-state index in [1.165, 1.54) is 15.3 Å². The third kappa shape index (κ3) is 3.39. The van der Waals surface area contributed by atoms with E-state index in [1.807, 2.05) is 36.1 Å². The highest BCUT2D eigenvalue weighted by Gasteiger charge is 2.21. The fraction of sp³-hybridized carbons (Fsp3) is 0.208. The molecule has 0 aliphatic carbocycles. The number of benzene rings is 1. The normalized spacial score (nSPS) is 11.4. The van der Waals surface area contributed by atoms with Crippen molar-refractivity contribution in [3.8, 4) is 28.4 Å². The standard InChI is InChI=1S/C24H22FN5O4/c1-28-5-4-14(13-28)16-9-17-19(10-21(16)33-3)26-12-20-22(17)30(24(32)29(20)2)23-18(25)8-15(11-27-23)34-7-6-31/h4-5,8-13,31H,6-7H2,1-3H3. The minimum absolute atomic E-state index is 0.00901. The predicted molar refractivity (Wildman–Crippen MR) is 125 cm³/mol. The van der Waals surface area contributed by atoms with E-state index in [1.54, 1.807) is 26.4 Å². The summed E-state index contributed by atoms with van der Waals surface area (Å²) < 4.78 is 30.6. The van der Waals surface area contributed by atoms with Crippen LogP contribution in [0.4, 0.5) is 4.39 Å². The first-order valence-corrected chi connectivity index (χ1v) is 10.5. The number of hydrogen-bond acceptors (Lipinski definition) is 6. The van der Waals surface area contributed by atoms with Crippen molar-refractivity contribution in [2.24, 2.45) is 14.1 Å². The van der Waals surface area contributed by atoms with E-state index < -0.39 is 11.5 Å². The smallest absolute Gasteiger partial charge is 0.334 e. The predicted octanol–water partition coefficient (Wildman–Crippen LogP) is 2.80. The van der Waals surface area contributed by atoms with E-state index >= 15 is 4.39 Å². The molecule has 0 spiro atoms. The van der Waals surface area contributed by atoms with Gasteiger partial charge in [0.05, 0.1) is 42.7 Å². The lowest BCUT2D eigenvalue weighted by Gasteiger charge is -2.12. The zero-order valence-corrected chi connectivity index (χ0v) is 18.8. The molecule has 0 bridgehead atoms. The van der Waals surface area contributed by atoms with Gasteiger partial charge in [0.2, 0.25) is 0 Å². The average molecular weight is 463 g/mol. The minimum Gasteiger partial charge on any atom is -0.496 e. The third-order valence-electron chi connectivity index (χ3n) is 5.72. The second-order valence-electron chi connectivity index (χ2n) is 7.85. The molecular weight excluding hydrogens is 441 g/mol. The average Bonchev–Trinajstić information content (AvgIpc) is 3.38. The van der Waals surface area contributed by atoms with Crippen molar-refractivity contribution in [1.82, 2.24) is 23.7 Å². The number of aryl methyl sites for hydroxylation is 2. The second kappa shape index (κ2) is 8.31. The molecule has 0 unspecified atom stereocenters. The van der Waals surface area contributed by atoms with Gasteiger partial charge in [0, 0.05) is 55.1 Å². The molecule has 174 valence electrons. The molecule has 0 fully saturated rings. The Morgan fingerprint density at radius 3 is 2.65 bits per heavy atom. The fourth-order valence-corrected chi connectivity index (χ4v) is 4.10. The summed E-state index contributed by atoms with van der Waals surface area (Å²) in [5.41, 5.74) is 2.88. The Hall–Kier alpha value is -4.18. The van der Waals surface area contributed by atoms with Gasteiger partial charge >= 0.3 is 5.69 Å². The van der Waals surface area contributed by atoms with Gasteiger partial charge in [-0.15, -0.1) is 0 Å². The zero-order chi connectivity index (χ0) is 24.0. The summed E-state index contributed by atoms with van der Waals surface area (Å²) in [4.78, 5) is 21.9. The molecule has 5 aromatic rings. The largest absolute Gasteiger partial charge is 0.496 e. The van der Waals surface area contributed by atoms with Gasteiger partial charge in [-0.25, -0.2) is 18.7 Å². The van der Waals surface area contributed by atoms with Crippen molar-refractivity contribution in [1.29, 1.82) is 0 Å². The number of imidazole rings is 1. The van der Waals surface area contributed by atoms with Crippen LogP contribution in [0.5, 0.6) is 11.5 Å². The Balaban J connectivity index is 1.82. The quantitative estimate of drug-likeness (QED) is 0.416. The lowest BCUT2D eigenvalue weighted by Crippen LogP contribution is -2.22. The highest BCUT2D eigenvalue weighted by atomic mass is 19.1. The van der Waals surface area contributed by atoms with Crippen molar-refractivity contribution in [2.75, 3.05) is 20.3 Å². The molecule has 4 heterocycles. The molecule has 9 nitrogen and oxygen atoms in total. The molecule has 10 heteroatoms. The lowest BCUT2D eigenvalue weighted by molar-refractivity contribution is 0.200. The van der Waals surface area contributed by atoms with Gasteiger partial charge < -0.3 is 19.1 Å². The summed E-state index contributed by atoms with van der Waals surface area (Å²) in [5, 5.41) is 9.58. The van der Waals surface area contributed by atoms with Crippen molar-refractivity contribution in [2.45, 2.75) is 0 Å². The number of methoxy groups -OCH3 is 1. The van der Waals surface area contributed by atoms with Gasteiger partial charge in [-0.05, 0) is 12.1 Å². The van der Waals surface area contributed by atoms with E-state index in [-0.39, 0.29) is 24.8 Å². The van der Waals surface area contributed by atoms with Crippen LogP contribution in [0.1, 0.15) is 0 Å². The van der Waals surface area contributed by atoms with Gasteiger partial charge in [-0.2, -0.15) is 0 Å². The maximum absolute atomic E-state index is 15.1. The maximum Gasteiger partial charge on any atom is 0.334 e. The van der Waals surface area contributed by atoms with Gasteiger partial charge in [0.25, 0.3) is 0 Å². The van der Waals surface area contributed by atoms with Gasteiger partial charge in [0.1, 0.15) is 18.1 Å². The Labute approximate surface area is 193 Å². The molecule has 5 rings (SSSR count). The van der Waals surface area contributed by atoms with E-state index in [2.05, 4.69) is 9.97 Å². The number of fused-ring (bicyclic) bond motifs is 3. The number of aliphatic hydroxyl groups excluding tert-OH is 1. The molecule has 0 aliphatic rings. The van der Waals surface area contributed by atoms with Crippen LogP contribution in [0, 0.1) is 5.82 Å². The minimum atomic E-state index is -0.730. The molecule has 34 heavy (non-hydrogen) atoms. The van der Waals surface area contributed by atoms with Crippen LogP contribution in [0.25, 0.3) is 38.9 Å². The first kappa shape index (κ1) is 21.7. The van der Waals surface area contributed by atoms with Crippen molar-refractivity contribution < 1.29 is 19.0 Å². The number of halogens is 1. The Morgan fingerprint density at radius 1 is 1.15 bits per heavy atom. The summed E-state index contributed by atoms with van der Waals surface area (Å²) in [7, 11) is 5.12. The number of nitrogens with zero attached hydrogens (tertiary/aromatic N) is 5.